The van der Waals surface area contributed by atoms with Crippen molar-refractivity contribution in [2.75, 3.05) is 13.2 Å². The maximum absolute atomic E-state index is 12.6. The fraction of sp³-hybridized carbons (Fsp3) is 0.500. The highest BCUT2D eigenvalue weighted by molar-refractivity contribution is 5.14. The first-order valence-electron chi connectivity index (χ1n) is 5.52. The maximum atomic E-state index is 12.6. The predicted molar refractivity (Wildman–Crippen MR) is 55.9 cm³/mol. The summed E-state index contributed by atoms with van der Waals surface area (Å²) in [6.45, 7) is 2.83. The molecule has 3 heteroatoms. The van der Waals surface area contributed by atoms with Crippen molar-refractivity contribution in [3.05, 3.63) is 35.6 Å². The van der Waals surface area contributed by atoms with E-state index in [0.717, 1.165) is 25.3 Å². The normalized spacial score (nSPS) is 20.7. The highest BCUT2D eigenvalue weighted by Gasteiger charge is 2.16. The lowest BCUT2D eigenvalue weighted by atomic mass is 10.2. The summed E-state index contributed by atoms with van der Waals surface area (Å²) in [4.78, 5) is 0. The lowest BCUT2D eigenvalue weighted by Gasteiger charge is -2.07. The van der Waals surface area contributed by atoms with Gasteiger partial charge in [0.1, 0.15) is 25.0 Å². The van der Waals surface area contributed by atoms with Gasteiger partial charge in [-0.15, -0.1) is 0 Å². The molecule has 1 atom stereocenters. The lowest BCUT2D eigenvalue weighted by molar-refractivity contribution is -0.676. The van der Waals surface area contributed by atoms with Crippen LogP contribution in [0.3, 0.4) is 0 Å². The SMILES string of the molecule is Fc1ccc(C[NH2+]C[C@@H]2CCCO2)cc1. The Morgan fingerprint density at radius 1 is 1.33 bits per heavy atom. The average Bonchev–Trinajstić information content (AvgIpc) is 2.74. The van der Waals surface area contributed by atoms with Gasteiger partial charge in [-0.3, -0.25) is 0 Å². The Hall–Kier alpha value is -0.930. The molecule has 1 fully saturated rings. The van der Waals surface area contributed by atoms with Crippen LogP contribution in [0.15, 0.2) is 24.3 Å². The van der Waals surface area contributed by atoms with Crippen LogP contribution in [0.1, 0.15) is 18.4 Å². The molecular weight excluding hydrogens is 193 g/mol. The first kappa shape index (κ1) is 10.6. The van der Waals surface area contributed by atoms with E-state index in [-0.39, 0.29) is 5.82 Å². The molecule has 0 spiro atoms. The van der Waals surface area contributed by atoms with Crippen LogP contribution < -0.4 is 5.32 Å². The molecule has 1 heterocycles. The molecule has 15 heavy (non-hydrogen) atoms. The number of halogens is 1. The molecule has 1 saturated heterocycles. The van der Waals surface area contributed by atoms with Gasteiger partial charge in [0.05, 0.1) is 0 Å². The van der Waals surface area contributed by atoms with Crippen molar-refractivity contribution in [3.63, 3.8) is 0 Å². The van der Waals surface area contributed by atoms with Gasteiger partial charge in [0.15, 0.2) is 0 Å². The molecule has 2 nitrogen and oxygen atoms in total. The van der Waals surface area contributed by atoms with Gasteiger partial charge in [0, 0.05) is 12.2 Å². The summed E-state index contributed by atoms with van der Waals surface area (Å²) >= 11 is 0. The number of hydrogen-bond acceptors (Lipinski definition) is 1. The van der Waals surface area contributed by atoms with E-state index in [1.54, 1.807) is 0 Å². The minimum Gasteiger partial charge on any atom is -0.372 e. The van der Waals surface area contributed by atoms with Crippen LogP contribution in [0.4, 0.5) is 4.39 Å². The number of ether oxygens (including phenoxy) is 1. The van der Waals surface area contributed by atoms with Crippen LogP contribution in [0.2, 0.25) is 0 Å². The molecular formula is C12H17FNO+. The predicted octanol–water partition coefficient (Wildman–Crippen LogP) is 1.07. The van der Waals surface area contributed by atoms with E-state index in [1.807, 2.05) is 12.1 Å². The van der Waals surface area contributed by atoms with E-state index >= 15 is 0 Å². The maximum Gasteiger partial charge on any atom is 0.123 e. The van der Waals surface area contributed by atoms with E-state index in [2.05, 4.69) is 5.32 Å². The summed E-state index contributed by atoms with van der Waals surface area (Å²) < 4.78 is 18.1. The van der Waals surface area contributed by atoms with Crippen LogP contribution in [0.25, 0.3) is 0 Å². The summed E-state index contributed by atoms with van der Waals surface area (Å²) in [5.41, 5.74) is 1.16. The molecule has 0 saturated carbocycles. The van der Waals surface area contributed by atoms with E-state index in [4.69, 9.17) is 4.74 Å². The smallest absolute Gasteiger partial charge is 0.123 e. The first-order valence-corrected chi connectivity index (χ1v) is 5.52. The van der Waals surface area contributed by atoms with Crippen molar-refractivity contribution in [1.29, 1.82) is 0 Å². The Labute approximate surface area is 89.4 Å². The highest BCUT2D eigenvalue weighted by atomic mass is 19.1. The van der Waals surface area contributed by atoms with Crippen molar-refractivity contribution in [3.8, 4) is 0 Å². The van der Waals surface area contributed by atoms with Gasteiger partial charge in [-0.25, -0.2) is 4.39 Å². The zero-order chi connectivity index (χ0) is 10.5. The zero-order valence-electron chi connectivity index (χ0n) is 8.79. The third-order valence-electron chi connectivity index (χ3n) is 2.75. The van der Waals surface area contributed by atoms with Gasteiger partial charge in [0.2, 0.25) is 0 Å². The molecule has 0 bridgehead atoms. The fourth-order valence-corrected chi connectivity index (χ4v) is 1.89. The van der Waals surface area contributed by atoms with Gasteiger partial charge in [0.25, 0.3) is 0 Å². The molecule has 2 rings (SSSR count). The lowest BCUT2D eigenvalue weighted by Crippen LogP contribution is -2.84. The molecule has 0 aromatic heterocycles. The van der Waals surface area contributed by atoms with Crippen molar-refractivity contribution in [1.82, 2.24) is 0 Å². The monoisotopic (exact) mass is 210 g/mol. The second kappa shape index (κ2) is 5.24. The number of nitrogens with two attached hydrogens (primary N) is 1. The van der Waals surface area contributed by atoms with E-state index < -0.39 is 0 Å². The molecule has 1 aliphatic rings. The Balaban J connectivity index is 1.71. The fourth-order valence-electron chi connectivity index (χ4n) is 1.89. The quantitative estimate of drug-likeness (QED) is 0.790. The molecule has 0 radical (unpaired) electrons. The van der Waals surface area contributed by atoms with Crippen LogP contribution >= 0.6 is 0 Å². The largest absolute Gasteiger partial charge is 0.372 e. The second-order valence-electron chi connectivity index (χ2n) is 3.99. The van der Waals surface area contributed by atoms with Crippen LogP contribution in [0, 0.1) is 5.82 Å². The van der Waals surface area contributed by atoms with Gasteiger partial charge < -0.3 is 10.1 Å². The first-order chi connectivity index (χ1) is 7.34. The summed E-state index contributed by atoms with van der Waals surface area (Å²) in [7, 11) is 0. The highest BCUT2D eigenvalue weighted by Crippen LogP contribution is 2.09. The number of benzene rings is 1. The molecule has 0 amide bonds. The van der Waals surface area contributed by atoms with Crippen LogP contribution in [0.5, 0.6) is 0 Å². The molecule has 1 aromatic carbocycles. The molecule has 0 unspecified atom stereocenters. The van der Waals surface area contributed by atoms with Crippen molar-refractivity contribution >= 4 is 0 Å². The molecule has 2 N–H and O–H groups in total. The van der Waals surface area contributed by atoms with Gasteiger partial charge in [-0.1, -0.05) is 12.1 Å². The molecule has 82 valence electrons. The van der Waals surface area contributed by atoms with E-state index in [0.29, 0.717) is 6.10 Å². The third-order valence-corrected chi connectivity index (χ3v) is 2.75. The van der Waals surface area contributed by atoms with Crippen LogP contribution in [-0.4, -0.2) is 19.3 Å². The molecule has 1 aliphatic heterocycles. The average molecular weight is 210 g/mol. The van der Waals surface area contributed by atoms with Gasteiger partial charge in [-0.05, 0) is 25.0 Å². The summed E-state index contributed by atoms with van der Waals surface area (Å²) in [6, 6.07) is 6.69. The van der Waals surface area contributed by atoms with E-state index in [1.165, 1.54) is 25.0 Å². The van der Waals surface area contributed by atoms with Gasteiger partial charge >= 0.3 is 0 Å². The minimum absolute atomic E-state index is 0.169. The minimum atomic E-state index is -0.169. The number of hydrogen-bond donors (Lipinski definition) is 1. The second-order valence-corrected chi connectivity index (χ2v) is 3.99. The Kier molecular flexibility index (Phi) is 3.69. The van der Waals surface area contributed by atoms with Gasteiger partial charge in [-0.2, -0.15) is 0 Å². The molecule has 0 aliphatic carbocycles. The van der Waals surface area contributed by atoms with Crippen molar-refractivity contribution in [2.45, 2.75) is 25.5 Å². The zero-order valence-corrected chi connectivity index (χ0v) is 8.79. The van der Waals surface area contributed by atoms with Crippen LogP contribution in [-0.2, 0) is 11.3 Å². The summed E-state index contributed by atoms with van der Waals surface area (Å²) in [5.74, 6) is -0.169. The summed E-state index contributed by atoms with van der Waals surface area (Å²) in [6.07, 6.45) is 2.79. The van der Waals surface area contributed by atoms with Crippen molar-refractivity contribution in [2.24, 2.45) is 0 Å². The Morgan fingerprint density at radius 3 is 2.80 bits per heavy atom. The van der Waals surface area contributed by atoms with E-state index in [9.17, 15) is 4.39 Å². The number of rotatable bonds is 4. The standard InChI is InChI=1S/C12H16FNO/c13-11-5-3-10(4-6-11)8-14-9-12-2-1-7-15-12/h3-6,12,14H,1-2,7-9H2/p+1/t12-/m0/s1. The molecule has 1 aromatic rings. The third kappa shape index (κ3) is 3.29. The number of quaternary nitrogens is 1. The van der Waals surface area contributed by atoms with Crippen molar-refractivity contribution < 1.29 is 14.4 Å². The topological polar surface area (TPSA) is 25.8 Å². The summed E-state index contributed by atoms with van der Waals surface area (Å²) in [5, 5.41) is 2.23. The Bertz CT molecular complexity index is 293. The Morgan fingerprint density at radius 2 is 2.13 bits per heavy atom.